The van der Waals surface area contributed by atoms with Gasteiger partial charge in [-0.1, -0.05) is 0 Å². The van der Waals surface area contributed by atoms with Crippen LogP contribution in [-0.2, 0) is 4.74 Å². The molecule has 5 heterocycles. The standard InChI is InChI=1S/C20H17N7O2/c28-19-6-4-14(13-2-1-7-21-10-13)26-27(19)17-12-29-11-16(17)24-18-5-3-15-20(25-18)23-9-8-22-15/h1-10,16-17H,11-12H2,(H,23,24,25). The lowest BCUT2D eigenvalue weighted by atomic mass is 10.1. The van der Waals surface area contributed by atoms with E-state index in [0.717, 1.165) is 11.1 Å². The molecule has 0 amide bonds. The van der Waals surface area contributed by atoms with Crippen molar-refractivity contribution in [1.29, 1.82) is 0 Å². The van der Waals surface area contributed by atoms with Crippen LogP contribution in [0.4, 0.5) is 5.82 Å². The van der Waals surface area contributed by atoms with Crippen LogP contribution < -0.4 is 10.9 Å². The molecule has 0 spiro atoms. The molecule has 0 radical (unpaired) electrons. The minimum atomic E-state index is -0.265. The molecule has 0 aromatic carbocycles. The summed E-state index contributed by atoms with van der Waals surface area (Å²) in [6.45, 7) is 0.824. The molecule has 1 aliphatic heterocycles. The number of anilines is 1. The maximum atomic E-state index is 12.5. The summed E-state index contributed by atoms with van der Waals surface area (Å²) < 4.78 is 7.13. The monoisotopic (exact) mass is 387 g/mol. The van der Waals surface area contributed by atoms with Crippen molar-refractivity contribution in [3.63, 3.8) is 0 Å². The first kappa shape index (κ1) is 17.4. The van der Waals surface area contributed by atoms with E-state index >= 15 is 0 Å². The second kappa shape index (κ2) is 7.36. The molecule has 4 aromatic heterocycles. The summed E-state index contributed by atoms with van der Waals surface area (Å²) in [5.74, 6) is 0.648. The van der Waals surface area contributed by atoms with Gasteiger partial charge >= 0.3 is 0 Å². The second-order valence-corrected chi connectivity index (χ2v) is 6.69. The maximum Gasteiger partial charge on any atom is 0.267 e. The first-order chi connectivity index (χ1) is 14.3. The van der Waals surface area contributed by atoms with Gasteiger partial charge in [-0.05, 0) is 30.3 Å². The van der Waals surface area contributed by atoms with Crippen molar-refractivity contribution in [1.82, 2.24) is 29.7 Å². The lowest BCUT2D eigenvalue weighted by Crippen LogP contribution is -2.37. The third kappa shape index (κ3) is 3.43. The van der Waals surface area contributed by atoms with Crippen molar-refractivity contribution in [3.05, 3.63) is 71.5 Å². The Bertz CT molecular complexity index is 1210. The number of fused-ring (bicyclic) bond motifs is 1. The molecule has 0 bridgehead atoms. The van der Waals surface area contributed by atoms with Crippen molar-refractivity contribution < 1.29 is 4.74 Å². The van der Waals surface area contributed by atoms with E-state index in [1.165, 1.54) is 10.7 Å². The minimum absolute atomic E-state index is 0.161. The van der Waals surface area contributed by atoms with Crippen molar-refractivity contribution in [3.8, 4) is 11.3 Å². The highest BCUT2D eigenvalue weighted by Crippen LogP contribution is 2.23. The van der Waals surface area contributed by atoms with E-state index in [2.05, 4.69) is 30.4 Å². The van der Waals surface area contributed by atoms with Gasteiger partial charge in [0, 0.05) is 36.4 Å². The van der Waals surface area contributed by atoms with E-state index in [9.17, 15) is 4.79 Å². The van der Waals surface area contributed by atoms with Gasteiger partial charge in [-0.3, -0.25) is 14.8 Å². The Morgan fingerprint density at radius 1 is 1.03 bits per heavy atom. The van der Waals surface area contributed by atoms with Gasteiger partial charge < -0.3 is 10.1 Å². The van der Waals surface area contributed by atoms with Crippen LogP contribution in [-0.4, -0.2) is 49.0 Å². The van der Waals surface area contributed by atoms with Gasteiger partial charge in [0.15, 0.2) is 5.65 Å². The molecule has 4 aromatic rings. The maximum absolute atomic E-state index is 12.5. The Balaban J connectivity index is 1.45. The Morgan fingerprint density at radius 3 is 2.86 bits per heavy atom. The summed E-state index contributed by atoms with van der Waals surface area (Å²) in [6, 6.07) is 10.2. The highest BCUT2D eigenvalue weighted by Gasteiger charge is 2.32. The van der Waals surface area contributed by atoms with Gasteiger partial charge in [-0.25, -0.2) is 14.6 Å². The average Bonchev–Trinajstić information content (AvgIpc) is 3.22. The molecule has 0 saturated carbocycles. The molecular formula is C20H17N7O2. The highest BCUT2D eigenvalue weighted by atomic mass is 16.5. The number of hydrogen-bond donors (Lipinski definition) is 1. The molecule has 2 unspecified atom stereocenters. The number of rotatable bonds is 4. The molecule has 9 nitrogen and oxygen atoms in total. The Labute approximate surface area is 165 Å². The molecule has 1 N–H and O–H groups in total. The van der Waals surface area contributed by atoms with Crippen LogP contribution in [0, 0.1) is 0 Å². The van der Waals surface area contributed by atoms with Crippen LogP contribution in [0.2, 0.25) is 0 Å². The van der Waals surface area contributed by atoms with Gasteiger partial charge in [0.05, 0.1) is 24.9 Å². The third-order valence-corrected chi connectivity index (χ3v) is 4.81. The van der Waals surface area contributed by atoms with Crippen LogP contribution >= 0.6 is 0 Å². The van der Waals surface area contributed by atoms with Crippen molar-refractivity contribution >= 4 is 17.0 Å². The van der Waals surface area contributed by atoms with Crippen molar-refractivity contribution in [2.45, 2.75) is 12.1 Å². The van der Waals surface area contributed by atoms with E-state index < -0.39 is 0 Å². The van der Waals surface area contributed by atoms with Gasteiger partial charge in [0.25, 0.3) is 5.56 Å². The molecule has 9 heteroatoms. The second-order valence-electron chi connectivity index (χ2n) is 6.69. The third-order valence-electron chi connectivity index (χ3n) is 4.81. The summed E-state index contributed by atoms with van der Waals surface area (Å²) in [6.07, 6.45) is 6.66. The number of nitrogens with zero attached hydrogens (tertiary/aromatic N) is 6. The highest BCUT2D eigenvalue weighted by molar-refractivity contribution is 5.71. The van der Waals surface area contributed by atoms with Gasteiger partial charge in [0.1, 0.15) is 17.4 Å². The van der Waals surface area contributed by atoms with E-state index in [1.807, 2.05) is 24.3 Å². The number of aromatic nitrogens is 6. The van der Waals surface area contributed by atoms with Crippen molar-refractivity contribution in [2.24, 2.45) is 0 Å². The van der Waals surface area contributed by atoms with E-state index in [-0.39, 0.29) is 17.6 Å². The Morgan fingerprint density at radius 2 is 1.97 bits per heavy atom. The fourth-order valence-corrected chi connectivity index (χ4v) is 3.38. The van der Waals surface area contributed by atoms with Crippen molar-refractivity contribution in [2.75, 3.05) is 18.5 Å². The van der Waals surface area contributed by atoms with Crippen LogP contribution in [0.3, 0.4) is 0 Å². The zero-order valence-corrected chi connectivity index (χ0v) is 15.3. The molecule has 5 rings (SSSR count). The molecule has 144 valence electrons. The first-order valence-electron chi connectivity index (χ1n) is 9.20. The van der Waals surface area contributed by atoms with Gasteiger partial charge in [-0.2, -0.15) is 5.10 Å². The summed E-state index contributed by atoms with van der Waals surface area (Å²) in [5, 5.41) is 7.92. The smallest absolute Gasteiger partial charge is 0.267 e. The number of hydrogen-bond acceptors (Lipinski definition) is 8. The number of ether oxygens (including phenoxy) is 1. The lowest BCUT2D eigenvalue weighted by Gasteiger charge is -2.21. The SMILES string of the molecule is O=c1ccc(-c2cccnc2)nn1C1COCC1Nc1ccc2nccnc2n1. The zero-order chi connectivity index (χ0) is 19.6. The largest absolute Gasteiger partial charge is 0.377 e. The Hall–Kier alpha value is -3.72. The Kier molecular flexibility index (Phi) is 4.41. The average molecular weight is 387 g/mol. The van der Waals surface area contributed by atoms with E-state index in [1.54, 1.807) is 30.9 Å². The summed E-state index contributed by atoms with van der Waals surface area (Å²) in [5.41, 5.74) is 2.63. The molecule has 0 aliphatic carbocycles. The molecule has 29 heavy (non-hydrogen) atoms. The van der Waals surface area contributed by atoms with Crippen LogP contribution in [0.5, 0.6) is 0 Å². The topological polar surface area (TPSA) is 108 Å². The predicted molar refractivity (Wildman–Crippen MR) is 106 cm³/mol. The first-order valence-corrected chi connectivity index (χ1v) is 9.20. The van der Waals surface area contributed by atoms with Gasteiger partial charge in [-0.15, -0.1) is 0 Å². The van der Waals surface area contributed by atoms with E-state index in [0.29, 0.717) is 30.4 Å². The summed E-state index contributed by atoms with van der Waals surface area (Å²) >= 11 is 0. The van der Waals surface area contributed by atoms with Crippen LogP contribution in [0.1, 0.15) is 6.04 Å². The van der Waals surface area contributed by atoms with Crippen LogP contribution in [0.25, 0.3) is 22.4 Å². The quantitative estimate of drug-likeness (QED) is 0.564. The van der Waals surface area contributed by atoms with Gasteiger partial charge in [0.2, 0.25) is 0 Å². The summed E-state index contributed by atoms with van der Waals surface area (Å²) in [4.78, 5) is 29.6. The zero-order valence-electron chi connectivity index (χ0n) is 15.3. The molecule has 1 fully saturated rings. The lowest BCUT2D eigenvalue weighted by molar-refractivity contribution is 0.183. The van der Waals surface area contributed by atoms with Crippen LogP contribution in [0.15, 0.2) is 66.0 Å². The van der Waals surface area contributed by atoms with E-state index in [4.69, 9.17) is 4.74 Å². The number of nitrogens with one attached hydrogen (secondary N) is 1. The molecule has 2 atom stereocenters. The number of pyridine rings is 2. The summed E-state index contributed by atoms with van der Waals surface area (Å²) in [7, 11) is 0. The molecular weight excluding hydrogens is 370 g/mol. The molecule has 1 saturated heterocycles. The normalized spacial score (nSPS) is 18.8. The fourth-order valence-electron chi connectivity index (χ4n) is 3.38. The minimum Gasteiger partial charge on any atom is -0.377 e. The molecule has 1 aliphatic rings. The predicted octanol–water partition coefficient (Wildman–Crippen LogP) is 1.70. The fraction of sp³-hybridized carbons (Fsp3) is 0.200.